The zero-order valence-corrected chi connectivity index (χ0v) is 12.3. The summed E-state index contributed by atoms with van der Waals surface area (Å²) >= 11 is 0. The van der Waals surface area contributed by atoms with Crippen molar-refractivity contribution in [2.75, 3.05) is 7.11 Å². The lowest BCUT2D eigenvalue weighted by Gasteiger charge is -2.17. The molecule has 0 spiro atoms. The fraction of sp³-hybridized carbons (Fsp3) is 0.235. The van der Waals surface area contributed by atoms with Crippen molar-refractivity contribution in [1.82, 2.24) is 0 Å². The van der Waals surface area contributed by atoms with Crippen LogP contribution in [0.2, 0.25) is 0 Å². The number of methoxy groups -OCH3 is 1. The highest BCUT2D eigenvalue weighted by Crippen LogP contribution is 2.38. The number of hydrogen-bond acceptors (Lipinski definition) is 3. The van der Waals surface area contributed by atoms with E-state index in [0.29, 0.717) is 17.1 Å². The second-order valence-corrected chi connectivity index (χ2v) is 4.81. The minimum absolute atomic E-state index is 0.454. The third kappa shape index (κ3) is 3.16. The Hall–Kier alpha value is -2.49. The van der Waals surface area contributed by atoms with Gasteiger partial charge in [-0.05, 0) is 31.5 Å². The molecule has 0 bridgehead atoms. The van der Waals surface area contributed by atoms with Gasteiger partial charge >= 0.3 is 5.97 Å². The molecule has 2 rings (SSSR count). The third-order valence-electron chi connectivity index (χ3n) is 3.36. The number of rotatable bonds is 5. The minimum Gasteiger partial charge on any atom is -0.493 e. The van der Waals surface area contributed by atoms with Crippen molar-refractivity contribution < 1.29 is 19.4 Å². The van der Waals surface area contributed by atoms with E-state index < -0.39 is 11.9 Å². The van der Waals surface area contributed by atoms with Gasteiger partial charge in [-0.3, -0.25) is 4.79 Å². The number of aryl methyl sites for hydroxylation is 1. The SMILES string of the molecule is COc1c(Oc2ccccc2C)cccc1C(C)C(=O)O. The molecule has 2 aromatic rings. The molecule has 4 heteroatoms. The molecular formula is C17H18O4. The maximum absolute atomic E-state index is 11.2. The molecule has 2 aromatic carbocycles. The number of carbonyl (C=O) groups is 1. The number of ether oxygens (including phenoxy) is 2. The molecule has 110 valence electrons. The molecule has 1 N–H and O–H groups in total. The maximum atomic E-state index is 11.2. The smallest absolute Gasteiger partial charge is 0.310 e. The number of para-hydroxylation sites is 2. The molecule has 1 unspecified atom stereocenters. The molecule has 0 aliphatic rings. The third-order valence-corrected chi connectivity index (χ3v) is 3.36. The molecule has 0 aliphatic carbocycles. The zero-order valence-electron chi connectivity index (χ0n) is 12.3. The monoisotopic (exact) mass is 286 g/mol. The second kappa shape index (κ2) is 6.31. The summed E-state index contributed by atoms with van der Waals surface area (Å²) < 4.78 is 11.3. The molecule has 0 saturated carbocycles. The largest absolute Gasteiger partial charge is 0.493 e. The first-order valence-electron chi connectivity index (χ1n) is 6.67. The summed E-state index contributed by atoms with van der Waals surface area (Å²) in [5.74, 6) is 0.116. The second-order valence-electron chi connectivity index (χ2n) is 4.81. The van der Waals surface area contributed by atoms with Crippen molar-refractivity contribution in [2.24, 2.45) is 0 Å². The summed E-state index contributed by atoms with van der Waals surface area (Å²) in [4.78, 5) is 11.2. The van der Waals surface area contributed by atoms with Gasteiger partial charge in [0.05, 0.1) is 13.0 Å². The number of carboxylic acid groups (broad SMARTS) is 1. The van der Waals surface area contributed by atoms with Crippen LogP contribution >= 0.6 is 0 Å². The van der Waals surface area contributed by atoms with Crippen LogP contribution in [0.15, 0.2) is 42.5 Å². The van der Waals surface area contributed by atoms with Crippen molar-refractivity contribution >= 4 is 5.97 Å². The van der Waals surface area contributed by atoms with Crippen molar-refractivity contribution in [1.29, 1.82) is 0 Å². The minimum atomic E-state index is -0.902. The Kier molecular flexibility index (Phi) is 4.48. The lowest BCUT2D eigenvalue weighted by Crippen LogP contribution is -2.09. The van der Waals surface area contributed by atoms with Gasteiger partial charge in [-0.25, -0.2) is 0 Å². The number of hydrogen-bond donors (Lipinski definition) is 1. The molecular weight excluding hydrogens is 268 g/mol. The van der Waals surface area contributed by atoms with Crippen molar-refractivity contribution in [3.8, 4) is 17.2 Å². The van der Waals surface area contributed by atoms with E-state index in [1.54, 1.807) is 25.1 Å². The molecule has 0 radical (unpaired) electrons. The average molecular weight is 286 g/mol. The van der Waals surface area contributed by atoms with Crippen LogP contribution in [0.1, 0.15) is 24.0 Å². The Balaban J connectivity index is 2.43. The molecule has 0 saturated heterocycles. The summed E-state index contributed by atoms with van der Waals surface area (Å²) in [5, 5.41) is 9.18. The van der Waals surface area contributed by atoms with Crippen molar-refractivity contribution in [3.63, 3.8) is 0 Å². The van der Waals surface area contributed by atoms with Gasteiger partial charge in [-0.15, -0.1) is 0 Å². The molecule has 4 nitrogen and oxygen atoms in total. The zero-order chi connectivity index (χ0) is 15.4. The van der Waals surface area contributed by atoms with Gasteiger partial charge in [0.25, 0.3) is 0 Å². The van der Waals surface area contributed by atoms with E-state index in [0.717, 1.165) is 11.3 Å². The van der Waals surface area contributed by atoms with Gasteiger partial charge in [0.2, 0.25) is 0 Å². The average Bonchev–Trinajstić information content (AvgIpc) is 2.48. The van der Waals surface area contributed by atoms with Crippen LogP contribution in [-0.4, -0.2) is 18.2 Å². The van der Waals surface area contributed by atoms with Crippen LogP contribution in [-0.2, 0) is 4.79 Å². The Morgan fingerprint density at radius 1 is 1.10 bits per heavy atom. The van der Waals surface area contributed by atoms with E-state index in [2.05, 4.69) is 0 Å². The predicted molar refractivity (Wildman–Crippen MR) is 80.3 cm³/mol. The van der Waals surface area contributed by atoms with Gasteiger partial charge in [0.1, 0.15) is 5.75 Å². The standard InChI is InChI=1S/C17H18O4/c1-11-7-4-5-9-14(11)21-15-10-6-8-13(16(15)20-3)12(2)17(18)19/h4-10,12H,1-3H3,(H,18,19). The highest BCUT2D eigenvalue weighted by Gasteiger charge is 2.21. The Morgan fingerprint density at radius 2 is 1.76 bits per heavy atom. The van der Waals surface area contributed by atoms with E-state index in [4.69, 9.17) is 9.47 Å². The van der Waals surface area contributed by atoms with Crippen LogP contribution in [0.25, 0.3) is 0 Å². The highest BCUT2D eigenvalue weighted by atomic mass is 16.5. The first kappa shape index (κ1) is 14.9. The van der Waals surface area contributed by atoms with E-state index in [1.165, 1.54) is 7.11 Å². The molecule has 21 heavy (non-hydrogen) atoms. The van der Waals surface area contributed by atoms with Gasteiger partial charge in [-0.2, -0.15) is 0 Å². The summed E-state index contributed by atoms with van der Waals surface area (Å²) in [5.41, 5.74) is 1.59. The van der Waals surface area contributed by atoms with Crippen LogP contribution in [0, 0.1) is 6.92 Å². The Bertz CT molecular complexity index is 649. The van der Waals surface area contributed by atoms with Crippen LogP contribution in [0.4, 0.5) is 0 Å². The number of carboxylic acids is 1. The first-order chi connectivity index (χ1) is 10.0. The normalized spacial score (nSPS) is 11.8. The number of benzene rings is 2. The quantitative estimate of drug-likeness (QED) is 0.903. The molecule has 0 aromatic heterocycles. The first-order valence-corrected chi connectivity index (χ1v) is 6.67. The summed E-state index contributed by atoms with van der Waals surface area (Å²) in [6.07, 6.45) is 0. The van der Waals surface area contributed by atoms with E-state index in [1.807, 2.05) is 31.2 Å². The van der Waals surface area contributed by atoms with Gasteiger partial charge in [-0.1, -0.05) is 30.3 Å². The van der Waals surface area contributed by atoms with E-state index >= 15 is 0 Å². The van der Waals surface area contributed by atoms with E-state index in [9.17, 15) is 9.90 Å². The lowest BCUT2D eigenvalue weighted by atomic mass is 10.00. The Labute approximate surface area is 123 Å². The van der Waals surface area contributed by atoms with Crippen LogP contribution in [0.5, 0.6) is 17.2 Å². The Morgan fingerprint density at radius 3 is 2.38 bits per heavy atom. The van der Waals surface area contributed by atoms with Gasteiger partial charge < -0.3 is 14.6 Å². The van der Waals surface area contributed by atoms with Crippen molar-refractivity contribution in [3.05, 3.63) is 53.6 Å². The lowest BCUT2D eigenvalue weighted by molar-refractivity contribution is -0.138. The van der Waals surface area contributed by atoms with E-state index in [-0.39, 0.29) is 0 Å². The summed E-state index contributed by atoms with van der Waals surface area (Å²) in [6.45, 7) is 3.57. The fourth-order valence-electron chi connectivity index (χ4n) is 2.10. The molecule has 0 heterocycles. The molecule has 1 atom stereocenters. The summed E-state index contributed by atoms with van der Waals surface area (Å²) in [7, 11) is 1.51. The maximum Gasteiger partial charge on any atom is 0.310 e. The highest BCUT2D eigenvalue weighted by molar-refractivity contribution is 5.77. The fourth-order valence-corrected chi connectivity index (χ4v) is 2.10. The van der Waals surface area contributed by atoms with Gasteiger partial charge in [0.15, 0.2) is 11.5 Å². The molecule has 0 amide bonds. The predicted octanol–water partition coefficient (Wildman–Crippen LogP) is 3.98. The van der Waals surface area contributed by atoms with Gasteiger partial charge in [0, 0.05) is 5.56 Å². The topological polar surface area (TPSA) is 55.8 Å². The molecule has 0 fully saturated rings. The summed E-state index contributed by atoms with van der Waals surface area (Å²) in [6, 6.07) is 12.9. The molecule has 0 aliphatic heterocycles. The van der Waals surface area contributed by atoms with Crippen LogP contribution < -0.4 is 9.47 Å². The van der Waals surface area contributed by atoms with Crippen molar-refractivity contribution in [2.45, 2.75) is 19.8 Å². The number of aliphatic carboxylic acids is 1. The van der Waals surface area contributed by atoms with Crippen LogP contribution in [0.3, 0.4) is 0 Å².